The van der Waals surface area contributed by atoms with Gasteiger partial charge in [0.15, 0.2) is 0 Å². The van der Waals surface area contributed by atoms with Crippen molar-refractivity contribution in [3.63, 3.8) is 0 Å². The van der Waals surface area contributed by atoms with Gasteiger partial charge in [-0.1, -0.05) is 36.4 Å². The van der Waals surface area contributed by atoms with Crippen molar-refractivity contribution in [3.8, 4) is 0 Å². The quantitative estimate of drug-likeness (QED) is 0.637. The largest absolute Gasteiger partial charge is 0.467 e. The molecular formula is C18H23NO5. The van der Waals surface area contributed by atoms with Crippen molar-refractivity contribution in [2.75, 3.05) is 20.3 Å². The van der Waals surface area contributed by atoms with Gasteiger partial charge in [0.05, 0.1) is 13.7 Å². The van der Waals surface area contributed by atoms with E-state index in [-0.39, 0.29) is 13.2 Å². The number of aliphatic hydroxyl groups excluding tert-OH is 1. The van der Waals surface area contributed by atoms with Crippen LogP contribution in [0.1, 0.15) is 18.4 Å². The molecule has 2 unspecified atom stereocenters. The molecule has 6 heteroatoms. The Bertz CT molecular complexity index is 588. The van der Waals surface area contributed by atoms with Crippen LogP contribution in [0, 0.1) is 5.41 Å². The SMILES string of the molecule is C=CCC1(CO)CCN(C(=O)OCc2ccccc2)C1C(=O)OC. The Labute approximate surface area is 141 Å². The molecule has 6 nitrogen and oxygen atoms in total. The smallest absolute Gasteiger partial charge is 0.410 e. The first-order valence-electron chi connectivity index (χ1n) is 7.85. The van der Waals surface area contributed by atoms with Gasteiger partial charge in [0.1, 0.15) is 12.6 Å². The monoisotopic (exact) mass is 333 g/mol. The Balaban J connectivity index is 2.13. The Morgan fingerprint density at radius 3 is 2.71 bits per heavy atom. The first kappa shape index (κ1) is 18.0. The number of likely N-dealkylation sites (tertiary alicyclic amines) is 1. The number of hydrogen-bond acceptors (Lipinski definition) is 5. The second-order valence-electron chi connectivity index (χ2n) is 5.92. The third kappa shape index (κ3) is 3.59. The van der Waals surface area contributed by atoms with Gasteiger partial charge in [-0.3, -0.25) is 4.90 Å². The Hall–Kier alpha value is -2.34. The van der Waals surface area contributed by atoms with Crippen LogP contribution >= 0.6 is 0 Å². The second-order valence-corrected chi connectivity index (χ2v) is 5.92. The maximum absolute atomic E-state index is 12.4. The highest BCUT2D eigenvalue weighted by Gasteiger charge is 2.53. The van der Waals surface area contributed by atoms with Crippen molar-refractivity contribution in [2.45, 2.75) is 25.5 Å². The zero-order valence-corrected chi connectivity index (χ0v) is 13.8. The molecule has 1 aromatic carbocycles. The van der Waals surface area contributed by atoms with E-state index in [1.54, 1.807) is 6.08 Å². The second kappa shape index (κ2) is 7.97. The minimum absolute atomic E-state index is 0.123. The number of allylic oxidation sites excluding steroid dienone is 1. The van der Waals surface area contributed by atoms with E-state index in [0.29, 0.717) is 19.4 Å². The van der Waals surface area contributed by atoms with Crippen LogP contribution in [0.15, 0.2) is 43.0 Å². The molecule has 130 valence electrons. The summed E-state index contributed by atoms with van der Waals surface area (Å²) in [6.07, 6.45) is 1.94. The molecule has 1 fully saturated rings. The Morgan fingerprint density at radius 1 is 1.42 bits per heavy atom. The predicted octanol–water partition coefficient (Wildman–Crippen LogP) is 2.13. The van der Waals surface area contributed by atoms with Crippen LogP contribution in [0.5, 0.6) is 0 Å². The fourth-order valence-electron chi connectivity index (χ4n) is 3.16. The van der Waals surface area contributed by atoms with Gasteiger partial charge >= 0.3 is 12.1 Å². The Kier molecular flexibility index (Phi) is 5.98. The molecule has 1 aliphatic heterocycles. The molecule has 0 spiro atoms. The minimum atomic E-state index is -0.881. The van der Waals surface area contributed by atoms with Crippen LogP contribution in [0.4, 0.5) is 4.79 Å². The van der Waals surface area contributed by atoms with Crippen LogP contribution in [-0.4, -0.2) is 48.4 Å². The highest BCUT2D eigenvalue weighted by Crippen LogP contribution is 2.41. The van der Waals surface area contributed by atoms with E-state index in [2.05, 4.69) is 6.58 Å². The van der Waals surface area contributed by atoms with E-state index in [1.807, 2.05) is 30.3 Å². The van der Waals surface area contributed by atoms with Crippen molar-refractivity contribution in [3.05, 3.63) is 48.6 Å². The molecule has 24 heavy (non-hydrogen) atoms. The first-order chi connectivity index (χ1) is 11.6. The normalized spacial score (nSPS) is 22.9. The third-order valence-electron chi connectivity index (χ3n) is 4.47. The van der Waals surface area contributed by atoms with Gasteiger partial charge in [0.25, 0.3) is 0 Å². The van der Waals surface area contributed by atoms with Gasteiger partial charge in [-0.05, 0) is 18.4 Å². The van der Waals surface area contributed by atoms with Gasteiger partial charge < -0.3 is 14.6 Å². The molecular weight excluding hydrogens is 310 g/mol. The zero-order chi connectivity index (χ0) is 17.6. The fraction of sp³-hybridized carbons (Fsp3) is 0.444. The lowest BCUT2D eigenvalue weighted by molar-refractivity contribution is -0.150. The standard InChI is InChI=1S/C18H23NO5/c1-3-9-18(13-20)10-11-19(15(18)16(21)23-2)17(22)24-12-14-7-5-4-6-8-14/h3-8,15,20H,1,9-13H2,2H3. The number of methoxy groups -OCH3 is 1. The lowest BCUT2D eigenvalue weighted by Gasteiger charge is -2.33. The highest BCUT2D eigenvalue weighted by molar-refractivity contribution is 5.83. The third-order valence-corrected chi connectivity index (χ3v) is 4.47. The molecule has 1 amide bonds. The van der Waals surface area contributed by atoms with E-state index < -0.39 is 23.5 Å². The number of hydrogen-bond donors (Lipinski definition) is 1. The number of carbonyl (C=O) groups is 2. The summed E-state index contributed by atoms with van der Waals surface area (Å²) in [5.41, 5.74) is 0.0832. The number of esters is 1. The molecule has 1 aromatic rings. The van der Waals surface area contributed by atoms with Gasteiger partial charge in [-0.25, -0.2) is 9.59 Å². The number of ether oxygens (including phenoxy) is 2. The molecule has 0 radical (unpaired) electrons. The molecule has 1 heterocycles. The van der Waals surface area contributed by atoms with Crippen LogP contribution < -0.4 is 0 Å². The number of rotatable bonds is 6. The molecule has 2 rings (SSSR count). The van der Waals surface area contributed by atoms with Crippen LogP contribution in [0.25, 0.3) is 0 Å². The summed E-state index contributed by atoms with van der Waals surface area (Å²) in [6.45, 7) is 3.89. The van der Waals surface area contributed by atoms with E-state index in [9.17, 15) is 14.7 Å². The molecule has 0 bridgehead atoms. The summed E-state index contributed by atoms with van der Waals surface area (Å²) < 4.78 is 10.2. The number of aliphatic hydroxyl groups is 1. The number of nitrogens with zero attached hydrogens (tertiary/aromatic N) is 1. The molecule has 1 aliphatic rings. The topological polar surface area (TPSA) is 76.1 Å². The maximum Gasteiger partial charge on any atom is 0.410 e. The van der Waals surface area contributed by atoms with Crippen molar-refractivity contribution in [1.82, 2.24) is 4.90 Å². The van der Waals surface area contributed by atoms with E-state index >= 15 is 0 Å². The number of benzene rings is 1. The maximum atomic E-state index is 12.4. The minimum Gasteiger partial charge on any atom is -0.467 e. The van der Waals surface area contributed by atoms with Crippen molar-refractivity contribution < 1.29 is 24.2 Å². The van der Waals surface area contributed by atoms with Gasteiger partial charge in [-0.2, -0.15) is 0 Å². The summed E-state index contributed by atoms with van der Waals surface area (Å²) in [6, 6.07) is 8.42. The van der Waals surface area contributed by atoms with Crippen LogP contribution in [0.2, 0.25) is 0 Å². The van der Waals surface area contributed by atoms with Crippen LogP contribution in [-0.2, 0) is 20.9 Å². The molecule has 1 N–H and O–H groups in total. The lowest BCUT2D eigenvalue weighted by atomic mass is 9.78. The van der Waals surface area contributed by atoms with Crippen molar-refractivity contribution in [2.24, 2.45) is 5.41 Å². The van der Waals surface area contributed by atoms with Crippen molar-refractivity contribution in [1.29, 1.82) is 0 Å². The van der Waals surface area contributed by atoms with Gasteiger partial charge in [0.2, 0.25) is 0 Å². The predicted molar refractivity (Wildman–Crippen MR) is 88.1 cm³/mol. The summed E-state index contributed by atoms with van der Waals surface area (Å²) in [5, 5.41) is 9.84. The van der Waals surface area contributed by atoms with Crippen molar-refractivity contribution >= 4 is 12.1 Å². The summed E-state index contributed by atoms with van der Waals surface area (Å²) in [4.78, 5) is 26.0. The zero-order valence-electron chi connectivity index (χ0n) is 13.8. The summed E-state index contributed by atoms with van der Waals surface area (Å²) in [5.74, 6) is -0.555. The molecule has 0 saturated carbocycles. The fourth-order valence-corrected chi connectivity index (χ4v) is 3.16. The Morgan fingerprint density at radius 2 is 2.12 bits per heavy atom. The number of amides is 1. The molecule has 0 aliphatic carbocycles. The lowest BCUT2D eigenvalue weighted by Crippen LogP contribution is -2.50. The average Bonchev–Trinajstić information content (AvgIpc) is 3.00. The number of carbonyl (C=O) groups excluding carboxylic acids is 2. The average molecular weight is 333 g/mol. The van der Waals surface area contributed by atoms with E-state index in [4.69, 9.17) is 9.47 Å². The first-order valence-corrected chi connectivity index (χ1v) is 7.85. The molecule has 1 saturated heterocycles. The van der Waals surface area contributed by atoms with E-state index in [1.165, 1.54) is 12.0 Å². The summed E-state index contributed by atoms with van der Waals surface area (Å²) in [7, 11) is 1.27. The van der Waals surface area contributed by atoms with Gasteiger partial charge in [0, 0.05) is 12.0 Å². The van der Waals surface area contributed by atoms with E-state index in [0.717, 1.165) is 5.56 Å². The van der Waals surface area contributed by atoms with Gasteiger partial charge in [-0.15, -0.1) is 6.58 Å². The highest BCUT2D eigenvalue weighted by atomic mass is 16.6. The molecule has 2 atom stereocenters. The molecule has 0 aromatic heterocycles. The van der Waals surface area contributed by atoms with Crippen LogP contribution in [0.3, 0.4) is 0 Å². The summed E-state index contributed by atoms with van der Waals surface area (Å²) >= 11 is 0.